The van der Waals surface area contributed by atoms with Gasteiger partial charge in [-0.05, 0) is 49.9 Å². The molecule has 0 fully saturated rings. The number of Topliss-reactive ketones (excluding diaryl/α,β-unsaturated/α-hetero) is 1. The number of benzene rings is 2. The summed E-state index contributed by atoms with van der Waals surface area (Å²) in [5.74, 6) is 0.915. The minimum Gasteiger partial charge on any atom is -0.484 e. The van der Waals surface area contributed by atoms with Crippen molar-refractivity contribution in [2.75, 3.05) is 0 Å². The lowest BCUT2D eigenvalue weighted by Crippen LogP contribution is -2.21. The number of rotatable bonds is 3. The number of allylic oxidation sites excluding steroid dienone is 2. The first kappa shape index (κ1) is 15.5. The molecular weight excluding hydrogens is 284 g/mol. The Morgan fingerprint density at radius 1 is 1.22 bits per heavy atom. The quantitative estimate of drug-likeness (QED) is 0.728. The summed E-state index contributed by atoms with van der Waals surface area (Å²) in [6.45, 7) is 6.19. The van der Waals surface area contributed by atoms with E-state index in [0.29, 0.717) is 6.42 Å². The van der Waals surface area contributed by atoms with Crippen molar-refractivity contribution >= 4 is 5.78 Å². The van der Waals surface area contributed by atoms with E-state index >= 15 is 0 Å². The second-order valence-electron chi connectivity index (χ2n) is 6.42. The third-order valence-corrected chi connectivity index (χ3v) is 4.18. The highest BCUT2D eigenvalue weighted by atomic mass is 16.5. The van der Waals surface area contributed by atoms with Gasteiger partial charge >= 0.3 is 0 Å². The van der Waals surface area contributed by atoms with Gasteiger partial charge in [0, 0.05) is 0 Å². The zero-order valence-electron chi connectivity index (χ0n) is 13.9. The van der Waals surface area contributed by atoms with Crippen LogP contribution in [-0.4, -0.2) is 5.78 Å². The van der Waals surface area contributed by atoms with Crippen molar-refractivity contribution in [2.45, 2.75) is 39.7 Å². The van der Waals surface area contributed by atoms with Crippen LogP contribution in [0.15, 0.2) is 54.1 Å². The number of carbonyl (C=O) groups excluding carboxylic acids is 1. The fourth-order valence-electron chi connectivity index (χ4n) is 2.97. The molecule has 2 aromatic carbocycles. The van der Waals surface area contributed by atoms with Gasteiger partial charge in [0.05, 0.1) is 12.0 Å². The van der Waals surface area contributed by atoms with Crippen LogP contribution in [0, 0.1) is 6.92 Å². The van der Waals surface area contributed by atoms with Crippen LogP contribution in [0.4, 0.5) is 0 Å². The fraction of sp³-hybridized carbons (Fsp3) is 0.286. The van der Waals surface area contributed by atoms with Gasteiger partial charge in [-0.1, -0.05) is 48.0 Å². The van der Waals surface area contributed by atoms with Crippen LogP contribution >= 0.6 is 0 Å². The van der Waals surface area contributed by atoms with Crippen molar-refractivity contribution in [3.05, 3.63) is 76.4 Å². The van der Waals surface area contributed by atoms with Crippen molar-refractivity contribution in [1.82, 2.24) is 0 Å². The van der Waals surface area contributed by atoms with E-state index < -0.39 is 0 Å². The SMILES string of the molecule is CC(C)=CCc1cc(C)c2c(c1)C(=O)C[C@@H](c1ccccc1)O2. The van der Waals surface area contributed by atoms with Crippen LogP contribution in [0.2, 0.25) is 0 Å². The third kappa shape index (κ3) is 3.37. The van der Waals surface area contributed by atoms with Crippen molar-refractivity contribution in [1.29, 1.82) is 0 Å². The second kappa shape index (κ2) is 6.41. The van der Waals surface area contributed by atoms with Crippen LogP contribution < -0.4 is 4.74 Å². The van der Waals surface area contributed by atoms with E-state index in [9.17, 15) is 4.79 Å². The molecule has 0 saturated carbocycles. The number of ketones is 1. The van der Waals surface area contributed by atoms with Gasteiger partial charge in [-0.25, -0.2) is 0 Å². The van der Waals surface area contributed by atoms with Crippen molar-refractivity contribution in [3.63, 3.8) is 0 Å². The maximum absolute atomic E-state index is 12.6. The molecule has 0 bridgehead atoms. The monoisotopic (exact) mass is 306 g/mol. The Balaban J connectivity index is 1.93. The molecule has 0 aromatic heterocycles. The van der Waals surface area contributed by atoms with Gasteiger partial charge in [-0.3, -0.25) is 4.79 Å². The van der Waals surface area contributed by atoms with E-state index in [4.69, 9.17) is 4.74 Å². The smallest absolute Gasteiger partial charge is 0.170 e. The highest BCUT2D eigenvalue weighted by molar-refractivity contribution is 6.00. The zero-order chi connectivity index (χ0) is 16.4. The highest BCUT2D eigenvalue weighted by Crippen LogP contribution is 2.37. The maximum atomic E-state index is 12.6. The second-order valence-corrected chi connectivity index (χ2v) is 6.42. The number of ether oxygens (including phenoxy) is 1. The summed E-state index contributed by atoms with van der Waals surface area (Å²) in [7, 11) is 0. The summed E-state index contributed by atoms with van der Waals surface area (Å²) in [6, 6.07) is 14.1. The summed E-state index contributed by atoms with van der Waals surface area (Å²) in [5, 5.41) is 0. The lowest BCUT2D eigenvalue weighted by atomic mass is 9.92. The molecule has 0 saturated heterocycles. The minimum absolute atomic E-state index is 0.169. The lowest BCUT2D eigenvalue weighted by molar-refractivity contribution is 0.0848. The van der Waals surface area contributed by atoms with E-state index in [1.54, 1.807) is 0 Å². The Morgan fingerprint density at radius 2 is 1.96 bits per heavy atom. The average Bonchev–Trinajstić information content (AvgIpc) is 2.54. The molecule has 23 heavy (non-hydrogen) atoms. The first-order chi connectivity index (χ1) is 11.0. The van der Waals surface area contributed by atoms with Gasteiger partial charge in [0.15, 0.2) is 5.78 Å². The number of hydrogen-bond donors (Lipinski definition) is 0. The Bertz CT molecular complexity index is 753. The van der Waals surface area contributed by atoms with E-state index in [-0.39, 0.29) is 11.9 Å². The minimum atomic E-state index is -0.182. The molecular formula is C21H22O2. The van der Waals surface area contributed by atoms with E-state index in [1.165, 1.54) is 5.57 Å². The number of hydrogen-bond acceptors (Lipinski definition) is 2. The summed E-state index contributed by atoms with van der Waals surface area (Å²) in [4.78, 5) is 12.6. The number of fused-ring (bicyclic) bond motifs is 1. The molecule has 118 valence electrons. The molecule has 0 amide bonds. The van der Waals surface area contributed by atoms with Crippen molar-refractivity contribution < 1.29 is 9.53 Å². The molecule has 0 N–H and O–H groups in total. The Kier molecular flexibility index (Phi) is 4.33. The normalized spacial score (nSPS) is 16.5. The molecule has 1 aliphatic heterocycles. The molecule has 2 heteroatoms. The number of carbonyl (C=O) groups is 1. The predicted octanol–water partition coefficient (Wildman–Crippen LogP) is 5.21. The molecule has 0 aliphatic carbocycles. The molecule has 1 heterocycles. The van der Waals surface area contributed by atoms with Crippen LogP contribution in [0.5, 0.6) is 5.75 Å². The summed E-state index contributed by atoms with van der Waals surface area (Å²) in [5.41, 5.74) is 5.27. The topological polar surface area (TPSA) is 26.3 Å². The molecule has 0 spiro atoms. The first-order valence-corrected chi connectivity index (χ1v) is 8.06. The van der Waals surface area contributed by atoms with Gasteiger partial charge in [-0.15, -0.1) is 0 Å². The van der Waals surface area contributed by atoms with Crippen LogP contribution in [0.25, 0.3) is 0 Å². The average molecular weight is 306 g/mol. The van der Waals surface area contributed by atoms with Crippen molar-refractivity contribution in [2.24, 2.45) is 0 Å². The fourth-order valence-corrected chi connectivity index (χ4v) is 2.97. The Labute approximate surface area is 137 Å². The van der Waals surface area contributed by atoms with Gasteiger partial charge < -0.3 is 4.74 Å². The van der Waals surface area contributed by atoms with Gasteiger partial charge in [0.25, 0.3) is 0 Å². The van der Waals surface area contributed by atoms with Crippen molar-refractivity contribution in [3.8, 4) is 5.75 Å². The van der Waals surface area contributed by atoms with Crippen LogP contribution in [0.1, 0.15) is 53.4 Å². The molecule has 0 radical (unpaired) electrons. The van der Waals surface area contributed by atoms with Gasteiger partial charge in [-0.2, -0.15) is 0 Å². The van der Waals surface area contributed by atoms with E-state index in [0.717, 1.165) is 34.4 Å². The Morgan fingerprint density at radius 3 is 2.65 bits per heavy atom. The van der Waals surface area contributed by atoms with Gasteiger partial charge in [0.2, 0.25) is 0 Å². The molecule has 1 atom stereocenters. The summed E-state index contributed by atoms with van der Waals surface area (Å²) >= 11 is 0. The Hall–Kier alpha value is -2.35. The predicted molar refractivity (Wildman–Crippen MR) is 93.1 cm³/mol. The third-order valence-electron chi connectivity index (χ3n) is 4.18. The van der Waals surface area contributed by atoms with Crippen LogP contribution in [0.3, 0.4) is 0 Å². The molecule has 2 aromatic rings. The van der Waals surface area contributed by atoms with E-state index in [2.05, 4.69) is 26.0 Å². The highest BCUT2D eigenvalue weighted by Gasteiger charge is 2.29. The molecule has 2 nitrogen and oxygen atoms in total. The van der Waals surface area contributed by atoms with Crippen LogP contribution in [-0.2, 0) is 6.42 Å². The first-order valence-electron chi connectivity index (χ1n) is 8.06. The molecule has 0 unspecified atom stereocenters. The maximum Gasteiger partial charge on any atom is 0.170 e. The number of aryl methyl sites for hydroxylation is 1. The molecule has 3 rings (SSSR count). The van der Waals surface area contributed by atoms with E-state index in [1.807, 2.05) is 43.3 Å². The standard InChI is InChI=1S/C21H22O2/c1-14(2)9-10-16-11-15(3)21-18(12-16)19(22)13-20(23-21)17-7-5-4-6-8-17/h4-9,11-12,20H,10,13H2,1-3H3/t20-/m0/s1. The lowest BCUT2D eigenvalue weighted by Gasteiger charge is -2.27. The zero-order valence-corrected chi connectivity index (χ0v) is 13.9. The summed E-state index contributed by atoms with van der Waals surface area (Å²) in [6.07, 6.45) is 3.26. The van der Waals surface area contributed by atoms with Gasteiger partial charge in [0.1, 0.15) is 11.9 Å². The molecule has 1 aliphatic rings. The largest absolute Gasteiger partial charge is 0.484 e. The summed E-state index contributed by atoms with van der Waals surface area (Å²) < 4.78 is 6.16.